The molecule has 2 unspecified atom stereocenters. The number of hydrogen-bond acceptors (Lipinski definition) is 10. The van der Waals surface area contributed by atoms with Crippen LogP contribution in [-0.2, 0) is 36.7 Å². The molecule has 0 amide bonds. The van der Waals surface area contributed by atoms with E-state index in [0.717, 1.165) is 0 Å². The van der Waals surface area contributed by atoms with Gasteiger partial charge in [0.15, 0.2) is 0 Å². The third-order valence-corrected chi connectivity index (χ3v) is 7.21. The number of aliphatic hydroxyl groups excluding tert-OH is 2. The normalized spacial score (nSPS) is 56.2. The Morgan fingerprint density at radius 3 is 1.46 bits per heavy atom. The van der Waals surface area contributed by atoms with E-state index < -0.39 is 64.0 Å². The van der Waals surface area contributed by atoms with Crippen LogP contribution in [0, 0.1) is 0 Å². The molecule has 0 aliphatic carbocycles. The van der Waals surface area contributed by atoms with Gasteiger partial charge in [0.2, 0.25) is 0 Å². The van der Waals surface area contributed by atoms with Gasteiger partial charge in [-0.25, -0.2) is 0 Å². The van der Waals surface area contributed by atoms with Crippen molar-refractivity contribution in [2.24, 2.45) is 0 Å². The third-order valence-electron chi connectivity index (χ3n) is 4.72. The van der Waals surface area contributed by atoms with Gasteiger partial charge in [0, 0.05) is 13.3 Å². The molecule has 2 N–H and O–H groups in total. The Morgan fingerprint density at radius 2 is 1.12 bits per heavy atom. The van der Waals surface area contributed by atoms with Crippen molar-refractivity contribution in [3.8, 4) is 0 Å². The first kappa shape index (κ1) is 20.9. The molecule has 12 heteroatoms. The van der Waals surface area contributed by atoms with Crippen LogP contribution in [0.5, 0.6) is 0 Å². The summed E-state index contributed by atoms with van der Waals surface area (Å²) in [5.74, 6) is 0. The second-order valence-corrected chi connectivity index (χ2v) is 11.0. The van der Waals surface area contributed by atoms with E-state index in [2.05, 4.69) is 0 Å². The molecule has 10 atom stereocenters. The minimum atomic E-state index is -3.58. The number of aliphatic hydroxyl groups is 2. The smallest absolute Gasteiger partial charge is 0.328 e. The topological polar surface area (TPSA) is 130 Å². The molecule has 3 rings (SSSR count). The summed E-state index contributed by atoms with van der Waals surface area (Å²) in [5.41, 5.74) is 0. The molecule has 26 heavy (non-hydrogen) atoms. The lowest BCUT2D eigenvalue weighted by Crippen LogP contribution is -2.39. The Labute approximate surface area is 152 Å². The highest BCUT2D eigenvalue weighted by molar-refractivity contribution is 7.53. The first-order valence-electron chi connectivity index (χ1n) is 8.47. The molecule has 0 spiro atoms. The average molecular weight is 416 g/mol. The lowest BCUT2D eigenvalue weighted by atomic mass is 10.1. The zero-order chi connectivity index (χ0) is 19.3. The van der Waals surface area contributed by atoms with Crippen molar-refractivity contribution in [2.75, 3.05) is 26.5 Å². The summed E-state index contributed by atoms with van der Waals surface area (Å²) < 4.78 is 58.3. The van der Waals surface area contributed by atoms with E-state index in [0.29, 0.717) is 0 Å². The molecule has 152 valence electrons. The first-order valence-corrected chi connectivity index (χ1v) is 12.4. The van der Waals surface area contributed by atoms with Crippen molar-refractivity contribution >= 4 is 15.2 Å². The number of ether oxygens (including phenoxy) is 2. The van der Waals surface area contributed by atoms with Gasteiger partial charge in [-0.05, 0) is 13.8 Å². The maximum atomic E-state index is 12.7. The zero-order valence-electron chi connectivity index (χ0n) is 15.1. The molecular formula is C14H26O10P2. The molecule has 3 aliphatic heterocycles. The van der Waals surface area contributed by atoms with Crippen LogP contribution in [0.15, 0.2) is 0 Å². The monoisotopic (exact) mass is 416 g/mol. The molecule has 0 aromatic carbocycles. The molecule has 0 saturated carbocycles. The standard InChI is InChI=1S/C14H26O10P2/c1-7-11(15)13-9(21-7)5-19-26(4,18)24-14-10(22-8(2)12(14)16)6-20-25(3,17)23-13/h7-16H,5-6H2,1-4H3/t7-,8-,9+,10+,11-,12-,13+,14+,25?,26?/m0/s1. The van der Waals surface area contributed by atoms with Gasteiger partial charge >= 0.3 is 15.2 Å². The van der Waals surface area contributed by atoms with Crippen LogP contribution in [-0.4, -0.2) is 85.6 Å². The van der Waals surface area contributed by atoms with E-state index in [-0.39, 0.29) is 13.2 Å². The van der Waals surface area contributed by atoms with Gasteiger partial charge in [0.25, 0.3) is 0 Å². The molecule has 0 bridgehead atoms. The van der Waals surface area contributed by atoms with Crippen LogP contribution in [0.4, 0.5) is 0 Å². The molecule has 0 radical (unpaired) electrons. The predicted molar refractivity (Wildman–Crippen MR) is 89.4 cm³/mol. The molecule has 3 fully saturated rings. The van der Waals surface area contributed by atoms with Crippen LogP contribution in [0.25, 0.3) is 0 Å². The highest BCUT2D eigenvalue weighted by Gasteiger charge is 2.49. The number of hydrogen-bond donors (Lipinski definition) is 2. The number of fused-ring (bicyclic) bond motifs is 2. The van der Waals surface area contributed by atoms with Gasteiger partial charge in [-0.15, -0.1) is 0 Å². The van der Waals surface area contributed by atoms with Crippen molar-refractivity contribution in [3.63, 3.8) is 0 Å². The summed E-state index contributed by atoms with van der Waals surface area (Å²) in [6.07, 6.45) is -6.78. The molecule has 3 saturated heterocycles. The van der Waals surface area contributed by atoms with E-state index >= 15 is 0 Å². The quantitative estimate of drug-likeness (QED) is 0.546. The highest BCUT2D eigenvalue weighted by Crippen LogP contribution is 2.52. The molecule has 10 nitrogen and oxygen atoms in total. The van der Waals surface area contributed by atoms with Crippen molar-refractivity contribution in [3.05, 3.63) is 0 Å². The summed E-state index contributed by atoms with van der Waals surface area (Å²) >= 11 is 0. The van der Waals surface area contributed by atoms with Gasteiger partial charge in [-0.1, -0.05) is 0 Å². The Bertz CT molecular complexity index is 563. The van der Waals surface area contributed by atoms with E-state index in [1.165, 1.54) is 13.3 Å². The maximum Gasteiger partial charge on any atom is 0.328 e. The molecular weight excluding hydrogens is 390 g/mol. The lowest BCUT2D eigenvalue weighted by molar-refractivity contribution is -0.0368. The lowest BCUT2D eigenvalue weighted by Gasteiger charge is -2.29. The van der Waals surface area contributed by atoms with Crippen LogP contribution in [0.2, 0.25) is 0 Å². The fourth-order valence-electron chi connectivity index (χ4n) is 3.29. The summed E-state index contributed by atoms with van der Waals surface area (Å²) in [4.78, 5) is 0. The minimum Gasteiger partial charge on any atom is -0.388 e. The summed E-state index contributed by atoms with van der Waals surface area (Å²) in [6, 6.07) is 0. The fourth-order valence-corrected chi connectivity index (χ4v) is 5.65. The second-order valence-electron chi connectivity index (χ2n) is 7.01. The molecule has 3 heterocycles. The Kier molecular flexibility index (Phi) is 6.03. The van der Waals surface area contributed by atoms with Crippen molar-refractivity contribution < 1.29 is 46.9 Å². The van der Waals surface area contributed by atoms with Crippen LogP contribution in [0.1, 0.15) is 13.8 Å². The largest absolute Gasteiger partial charge is 0.388 e. The second kappa shape index (κ2) is 7.52. The Balaban J connectivity index is 1.85. The van der Waals surface area contributed by atoms with Crippen LogP contribution in [0.3, 0.4) is 0 Å². The summed E-state index contributed by atoms with van der Waals surface area (Å²) in [7, 11) is -7.15. The van der Waals surface area contributed by atoms with Gasteiger partial charge in [-0.3, -0.25) is 18.2 Å². The molecule has 3 aliphatic rings. The maximum absolute atomic E-state index is 12.7. The van der Waals surface area contributed by atoms with E-state index in [1.807, 2.05) is 0 Å². The van der Waals surface area contributed by atoms with E-state index in [1.54, 1.807) is 13.8 Å². The van der Waals surface area contributed by atoms with Crippen LogP contribution < -0.4 is 0 Å². The molecule has 0 aromatic heterocycles. The third kappa shape index (κ3) is 4.41. The average Bonchev–Trinajstić information content (AvgIpc) is 2.95. The highest BCUT2D eigenvalue weighted by atomic mass is 31.2. The van der Waals surface area contributed by atoms with Crippen molar-refractivity contribution in [1.29, 1.82) is 0 Å². The predicted octanol–water partition coefficient (Wildman–Crippen LogP) is 0.746. The Morgan fingerprint density at radius 1 is 0.769 bits per heavy atom. The van der Waals surface area contributed by atoms with Gasteiger partial charge in [0.1, 0.15) is 36.6 Å². The van der Waals surface area contributed by atoms with Gasteiger partial charge < -0.3 is 28.7 Å². The Hall–Kier alpha value is 0.140. The van der Waals surface area contributed by atoms with Gasteiger partial charge in [0.05, 0.1) is 25.4 Å². The van der Waals surface area contributed by atoms with E-state index in [9.17, 15) is 19.3 Å². The van der Waals surface area contributed by atoms with E-state index in [4.69, 9.17) is 27.6 Å². The van der Waals surface area contributed by atoms with Gasteiger partial charge in [-0.2, -0.15) is 0 Å². The first-order chi connectivity index (χ1) is 12.0. The van der Waals surface area contributed by atoms with Crippen molar-refractivity contribution in [2.45, 2.75) is 62.7 Å². The minimum absolute atomic E-state index is 0.205. The van der Waals surface area contributed by atoms with Crippen LogP contribution >= 0.6 is 15.2 Å². The number of rotatable bonds is 0. The summed E-state index contributed by atoms with van der Waals surface area (Å²) in [5, 5.41) is 20.5. The fraction of sp³-hybridized carbons (Fsp3) is 1.00. The SMILES string of the molecule is C[C@@H]1O[C@@H]2COP(C)(=O)O[C@H]3[C@@H](O)[C@H](C)O[C@@H]3COP(C)(=O)O[C@H]2[C@H]1O. The van der Waals surface area contributed by atoms with Crippen molar-refractivity contribution in [1.82, 2.24) is 0 Å². The molecule has 0 aromatic rings. The summed E-state index contributed by atoms with van der Waals surface area (Å²) in [6.45, 7) is 5.42. The zero-order valence-corrected chi connectivity index (χ0v) is 16.9.